The van der Waals surface area contributed by atoms with E-state index in [4.69, 9.17) is 36.1 Å². The number of nitrogens with two attached hydrogens (primary N) is 2. The number of primary amides is 2. The molecule has 85 heavy (non-hydrogen) atoms. The molecule has 9 heterocycles. The number of aromatic nitrogens is 7. The first-order valence-electron chi connectivity index (χ1n) is 25.8. The highest BCUT2D eigenvalue weighted by molar-refractivity contribution is 7.15. The molecule has 1 saturated heterocycles. The van der Waals surface area contributed by atoms with E-state index in [1.54, 1.807) is 91.3 Å². The van der Waals surface area contributed by atoms with Crippen LogP contribution in [-0.4, -0.2) is 122 Å². The van der Waals surface area contributed by atoms with E-state index in [1.165, 1.54) is 43.7 Å². The summed E-state index contributed by atoms with van der Waals surface area (Å²) >= 11 is 6.80. The number of aliphatic hydroxyl groups is 2. The van der Waals surface area contributed by atoms with Gasteiger partial charge in [0.25, 0.3) is 23.6 Å². The summed E-state index contributed by atoms with van der Waals surface area (Å²) in [5, 5.41) is 51.2. The molecule has 11 rings (SSSR count). The number of rotatable bonds is 11. The minimum absolute atomic E-state index is 0.0299. The number of aliphatic hydroxyl groups excluding tert-OH is 2. The highest BCUT2D eigenvalue weighted by Gasteiger charge is 2.45. The number of nitrogens with one attached hydrogen (secondary N) is 3. The Labute approximate surface area is 505 Å². The molecule has 434 valence electrons. The zero-order valence-corrected chi connectivity index (χ0v) is 49.3. The largest absolute Gasteiger partial charge is 0.482 e. The number of fused-ring (bicyclic) bond motifs is 16. The smallest absolute Gasteiger partial charge is 0.341 e. The quantitative estimate of drug-likeness (QED) is 0.0720. The summed E-state index contributed by atoms with van der Waals surface area (Å²) < 4.78 is 5.34. The summed E-state index contributed by atoms with van der Waals surface area (Å²) in [4.78, 5) is 130. The molecule has 9 aromatic rings. The van der Waals surface area contributed by atoms with E-state index in [-0.39, 0.29) is 51.5 Å². The molecule has 0 spiro atoms. The number of thiazole rings is 6. The van der Waals surface area contributed by atoms with Crippen LogP contribution in [-0.2, 0) is 20.8 Å². The Morgan fingerprint density at radius 3 is 2.06 bits per heavy atom. The second-order valence-corrected chi connectivity index (χ2v) is 25.2. The fourth-order valence-electron chi connectivity index (χ4n) is 9.54. The van der Waals surface area contributed by atoms with E-state index < -0.39 is 96.7 Å². The van der Waals surface area contributed by atoms with Crippen LogP contribution in [0.25, 0.3) is 43.4 Å². The predicted octanol–water partition coefficient (Wildman–Crippen LogP) is 6.15. The molecule has 0 aliphatic carbocycles. The number of carbonyl (C=O) groups is 7. The third-order valence-corrected chi connectivity index (χ3v) is 19.3. The van der Waals surface area contributed by atoms with Crippen molar-refractivity contribution in [2.24, 2.45) is 17.4 Å². The molecule has 0 saturated carbocycles. The molecule has 2 aromatic carbocycles. The van der Waals surface area contributed by atoms with Gasteiger partial charge >= 0.3 is 5.97 Å². The van der Waals surface area contributed by atoms with E-state index in [9.17, 15) is 44.1 Å². The predicted molar refractivity (Wildman–Crippen MR) is 316 cm³/mol. The van der Waals surface area contributed by atoms with Gasteiger partial charge in [0, 0.05) is 56.2 Å². The van der Waals surface area contributed by atoms with Gasteiger partial charge < -0.3 is 52.4 Å². The van der Waals surface area contributed by atoms with Crippen molar-refractivity contribution in [3.05, 3.63) is 147 Å². The van der Waals surface area contributed by atoms with Crippen LogP contribution in [0, 0.1) is 12.8 Å². The summed E-state index contributed by atoms with van der Waals surface area (Å²) in [6.07, 6.45) is -2.93. The second-order valence-electron chi connectivity index (χ2n) is 19.6. The molecule has 10 N–H and O–H groups in total. The summed E-state index contributed by atoms with van der Waals surface area (Å²) in [6, 6.07) is 13.7. The van der Waals surface area contributed by atoms with Gasteiger partial charge in [-0.15, -0.1) is 68.0 Å². The van der Waals surface area contributed by atoms with E-state index in [0.717, 1.165) is 45.3 Å². The molecule has 10 bridgehead atoms. The Morgan fingerprint density at radius 2 is 1.33 bits per heavy atom. The molecule has 0 unspecified atom stereocenters. The van der Waals surface area contributed by atoms with E-state index in [1.807, 2.05) is 0 Å². The van der Waals surface area contributed by atoms with Crippen molar-refractivity contribution in [3.63, 3.8) is 0 Å². The van der Waals surface area contributed by atoms with Crippen molar-refractivity contribution in [2.45, 2.75) is 63.1 Å². The number of carbonyl (C=O) groups excluding carboxylic acids is 6. The monoisotopic (exact) mass is 1260 g/mol. The number of aliphatic carboxylic acids is 1. The average Bonchev–Trinajstić information content (AvgIpc) is 3.84. The van der Waals surface area contributed by atoms with Gasteiger partial charge in [0.2, 0.25) is 11.8 Å². The average molecular weight is 1260 g/mol. The van der Waals surface area contributed by atoms with Crippen LogP contribution in [0.2, 0.25) is 0 Å². The summed E-state index contributed by atoms with van der Waals surface area (Å²) in [7, 11) is 0. The molecule has 0 radical (unpaired) electrons. The number of amides is 6. The first kappa shape index (κ1) is 58.2. The number of aryl methyl sites for hydroxylation is 1. The van der Waals surface area contributed by atoms with Crippen molar-refractivity contribution < 1.29 is 53.6 Å². The lowest BCUT2D eigenvalue weighted by Gasteiger charge is -2.29. The first-order chi connectivity index (χ1) is 40.8. The molecule has 30 heteroatoms. The van der Waals surface area contributed by atoms with Gasteiger partial charge in [-0.25, -0.2) is 39.7 Å². The molecule has 2 aliphatic heterocycles. The van der Waals surface area contributed by atoms with Gasteiger partial charge in [-0.3, -0.25) is 28.8 Å². The standard InChI is InChI=1S/C55H47N13O11S6/c1-23-37(69)16-68-43(23)54-65-36(22-84-54)51-61-32(18-81-51)41-28(12-13-29(58-41)50-62-33(19-82-50)45(57)74)49-63-34(20-80-49)46(75)59-30(15-38(56)70)52-67-40(24(2)85-52)48(77)66-42(44(73)26-6-4-3-5-7-26)53-64-35(21-83-53)47(76)60-31(55(68)78)14-25-8-10-27(11-9-25)79-17-39(71)72/h3-13,18-23,30-31,37,42-44,69,73H,14-17H2,1-2H3,(H2,56,70)(H2,57,74)(H,59,75)(H,60,76)(H,66,77)(H,71,72)/t23-,30-,31-,37+,42-,43-,44+/m0/s1. The number of pyridine rings is 1. The van der Waals surface area contributed by atoms with Crippen LogP contribution >= 0.6 is 68.0 Å². The molecule has 2 aliphatic rings. The van der Waals surface area contributed by atoms with Crippen LogP contribution in [0.3, 0.4) is 0 Å². The Morgan fingerprint density at radius 1 is 0.682 bits per heavy atom. The Hall–Kier alpha value is -8.62. The van der Waals surface area contributed by atoms with Gasteiger partial charge in [-0.1, -0.05) is 49.4 Å². The van der Waals surface area contributed by atoms with Crippen molar-refractivity contribution in [1.82, 2.24) is 55.7 Å². The number of carboxylic acids is 1. The SMILES string of the molecule is Cc1sc2nc1C(=O)N[C@@H]([C@H](O)c1ccccc1)c1nc(cs1)C(=O)N[C@@H](Cc1ccc(OCC(=O)O)cc1)C(=O)N1C[C@@H](O)[C@H](C)[C@H]1c1nc(cs1)-c1nc(cs1)-c1nc(-c3nc(C(N)=O)cs3)ccc1-c1nc(cs1)C(=O)N[C@H]2CC(N)=O. The lowest BCUT2D eigenvalue weighted by atomic mass is 10.00. The van der Waals surface area contributed by atoms with Crippen molar-refractivity contribution >= 4 is 109 Å². The summed E-state index contributed by atoms with van der Waals surface area (Å²) in [5.74, 6) is -5.76. The Balaban J connectivity index is 1.01. The van der Waals surface area contributed by atoms with Gasteiger partial charge in [-0.05, 0) is 42.3 Å². The molecule has 1 fully saturated rings. The molecule has 24 nitrogen and oxygen atoms in total. The molecule has 6 amide bonds. The number of benzene rings is 2. The lowest BCUT2D eigenvalue weighted by Crippen LogP contribution is -2.50. The van der Waals surface area contributed by atoms with Gasteiger partial charge in [0.15, 0.2) is 6.61 Å². The van der Waals surface area contributed by atoms with Gasteiger partial charge in [0.05, 0.1) is 30.3 Å². The van der Waals surface area contributed by atoms with Crippen LogP contribution in [0.1, 0.15) is 111 Å². The van der Waals surface area contributed by atoms with Crippen molar-refractivity contribution in [2.75, 3.05) is 13.2 Å². The molecule has 7 atom stereocenters. The normalized spacial score (nSPS) is 19.5. The zero-order chi connectivity index (χ0) is 59.8. The molecular formula is C55H47N13O11S6. The zero-order valence-electron chi connectivity index (χ0n) is 44.4. The van der Waals surface area contributed by atoms with E-state index in [2.05, 4.69) is 30.9 Å². The number of hydrogen-bond acceptors (Lipinski definition) is 23. The third-order valence-electron chi connectivity index (χ3n) is 13.8. The number of ether oxygens (including phenoxy) is 1. The maximum absolute atomic E-state index is 15.2. The molecule has 7 aromatic heterocycles. The number of hydrogen-bond donors (Lipinski definition) is 8. The molecular weight excluding hydrogens is 1210 g/mol. The second kappa shape index (κ2) is 24.5. The highest BCUT2D eigenvalue weighted by Crippen LogP contribution is 2.43. The van der Waals surface area contributed by atoms with E-state index >= 15 is 4.79 Å². The van der Waals surface area contributed by atoms with Crippen molar-refractivity contribution in [3.8, 4) is 49.1 Å². The van der Waals surface area contributed by atoms with Crippen LogP contribution in [0.15, 0.2) is 93.6 Å². The number of nitrogens with zero attached hydrogens (tertiary/aromatic N) is 8. The number of carboxylic acid groups (broad SMARTS) is 1. The Bertz CT molecular complexity index is 4050. The van der Waals surface area contributed by atoms with Crippen LogP contribution in [0.4, 0.5) is 0 Å². The van der Waals surface area contributed by atoms with E-state index in [0.29, 0.717) is 64.4 Å². The lowest BCUT2D eigenvalue weighted by molar-refractivity contribution is -0.139. The maximum atomic E-state index is 15.2. The highest BCUT2D eigenvalue weighted by atomic mass is 32.1. The maximum Gasteiger partial charge on any atom is 0.341 e. The topological polar surface area (TPSA) is 371 Å². The van der Waals surface area contributed by atoms with Crippen LogP contribution in [0.5, 0.6) is 5.75 Å². The van der Waals surface area contributed by atoms with Gasteiger partial charge in [0.1, 0.15) is 93.8 Å². The van der Waals surface area contributed by atoms with Crippen molar-refractivity contribution in [1.29, 1.82) is 0 Å². The summed E-state index contributed by atoms with van der Waals surface area (Å²) in [5.41, 5.74) is 14.0. The van der Waals surface area contributed by atoms with Gasteiger partial charge in [-0.2, -0.15) is 0 Å². The fraction of sp³-hybridized carbons (Fsp3) is 0.236. The Kier molecular flexibility index (Phi) is 16.8. The minimum atomic E-state index is -1.43. The summed E-state index contributed by atoms with van der Waals surface area (Å²) in [6.45, 7) is 2.71. The third kappa shape index (κ3) is 12.5. The van der Waals surface area contributed by atoms with Crippen LogP contribution < -0.4 is 32.2 Å². The fourth-order valence-corrected chi connectivity index (χ4v) is 14.9. The minimum Gasteiger partial charge on any atom is -0.482 e. The first-order valence-corrected chi connectivity index (χ1v) is 31.0.